The summed E-state index contributed by atoms with van der Waals surface area (Å²) in [7, 11) is 0. The van der Waals surface area contributed by atoms with E-state index in [-0.39, 0.29) is 19.6 Å². The zero-order chi connectivity index (χ0) is 38.1. The van der Waals surface area contributed by atoms with Gasteiger partial charge in [-0.25, -0.2) is 0 Å². The fraction of sp³-hybridized carbons (Fsp3) is 0.868. The Bertz CT molecular complexity index is 964. The van der Waals surface area contributed by atoms with E-state index in [9.17, 15) is 40.5 Å². The minimum absolute atomic E-state index is 0.0487. The number of carbonyl (C=O) groups is 1. The van der Waals surface area contributed by atoms with Gasteiger partial charge in [-0.05, 0) is 38.5 Å². The largest absolute Gasteiger partial charge is 0.457 e. The van der Waals surface area contributed by atoms with Crippen LogP contribution < -0.4 is 0 Å². The minimum Gasteiger partial charge on any atom is -0.457 e. The van der Waals surface area contributed by atoms with E-state index in [0.29, 0.717) is 6.61 Å². The summed E-state index contributed by atoms with van der Waals surface area (Å²) in [6.45, 7) is 3.03. The van der Waals surface area contributed by atoms with Gasteiger partial charge in [-0.15, -0.1) is 0 Å². The molecular formula is C38H68O14. The van der Waals surface area contributed by atoms with Crippen molar-refractivity contribution >= 4 is 5.97 Å². The lowest BCUT2D eigenvalue weighted by atomic mass is 9.98. The Kier molecular flexibility index (Phi) is 25.1. The first-order valence-corrected chi connectivity index (χ1v) is 19.4. The highest BCUT2D eigenvalue weighted by Crippen LogP contribution is 2.26. The van der Waals surface area contributed by atoms with Crippen molar-refractivity contribution in [3.05, 3.63) is 24.3 Å². The molecule has 7 N–H and O–H groups in total. The fourth-order valence-corrected chi connectivity index (χ4v) is 5.93. The van der Waals surface area contributed by atoms with Gasteiger partial charge in [0.2, 0.25) is 0 Å². The Balaban J connectivity index is 1.64. The number of hydrogen-bond donors (Lipinski definition) is 7. The van der Waals surface area contributed by atoms with Crippen LogP contribution in [-0.4, -0.2) is 142 Å². The second-order valence-corrected chi connectivity index (χ2v) is 13.7. The van der Waals surface area contributed by atoms with Gasteiger partial charge < -0.3 is 64.2 Å². The van der Waals surface area contributed by atoms with Crippen LogP contribution in [0.1, 0.15) is 110 Å². The molecular weight excluding hydrogens is 680 g/mol. The van der Waals surface area contributed by atoms with Crippen LogP contribution in [0.4, 0.5) is 0 Å². The quantitative estimate of drug-likeness (QED) is 0.0348. The molecule has 0 radical (unpaired) electrons. The van der Waals surface area contributed by atoms with Crippen LogP contribution in [-0.2, 0) is 33.2 Å². The van der Waals surface area contributed by atoms with Gasteiger partial charge >= 0.3 is 5.97 Å². The Hall–Kier alpha value is -1.53. The molecule has 2 aliphatic heterocycles. The van der Waals surface area contributed by atoms with Gasteiger partial charge in [-0.1, -0.05) is 89.5 Å². The molecule has 0 aromatic carbocycles. The van der Waals surface area contributed by atoms with E-state index < -0.39 is 86.7 Å². The zero-order valence-electron chi connectivity index (χ0n) is 31.3. The summed E-state index contributed by atoms with van der Waals surface area (Å²) < 4.78 is 33.3. The number of hydrogen-bond acceptors (Lipinski definition) is 14. The van der Waals surface area contributed by atoms with Crippen LogP contribution in [0.2, 0.25) is 0 Å². The molecule has 14 nitrogen and oxygen atoms in total. The first-order chi connectivity index (χ1) is 25.1. The number of ether oxygens (including phenoxy) is 6. The van der Waals surface area contributed by atoms with E-state index in [0.717, 1.165) is 32.1 Å². The van der Waals surface area contributed by atoms with E-state index >= 15 is 0 Å². The normalized spacial score (nSPS) is 30.3. The minimum atomic E-state index is -1.70. The molecule has 11 unspecified atom stereocenters. The standard InChI is InChI=1S/C38H68O14/c1-3-5-6-7-8-9-10-11-12-13-14-15-16-17-18-19-20-21-22-47-24-27(50-30(40)4-2)25-48-37-36(46)34(44)32(42)29(52-37)26-49-38-35(45)33(43)31(41)28(23-39)51-38/h8-9,11-12,27-29,31-39,41-46H,3-7,10,13-26H2,1-2H3/b9-8-,12-11-. The van der Waals surface area contributed by atoms with E-state index in [1.165, 1.54) is 57.8 Å². The SMILES string of the molecule is CCCCC/C=C\C/C=C\CCCCCCCCCCOCC(COC1OC(COC2OC(CO)C(O)C(O)C2O)C(O)C(O)C1O)OC(=O)CC. The third-order valence-corrected chi connectivity index (χ3v) is 9.27. The van der Waals surface area contributed by atoms with Crippen molar-refractivity contribution in [2.45, 2.75) is 178 Å². The number of aliphatic hydroxyl groups excluding tert-OH is 7. The van der Waals surface area contributed by atoms with Gasteiger partial charge in [0.25, 0.3) is 0 Å². The molecule has 0 bridgehead atoms. The number of carbonyl (C=O) groups excluding carboxylic acids is 1. The lowest BCUT2D eigenvalue weighted by Crippen LogP contribution is -2.61. The second kappa shape index (κ2) is 28.0. The van der Waals surface area contributed by atoms with Gasteiger partial charge in [0.1, 0.15) is 54.9 Å². The monoisotopic (exact) mass is 748 g/mol. The molecule has 0 aromatic rings. The fourth-order valence-electron chi connectivity index (χ4n) is 5.93. The molecule has 2 saturated heterocycles. The molecule has 0 aromatic heterocycles. The Labute approximate surface area is 309 Å². The predicted molar refractivity (Wildman–Crippen MR) is 192 cm³/mol. The van der Waals surface area contributed by atoms with Crippen LogP contribution in [0.3, 0.4) is 0 Å². The van der Waals surface area contributed by atoms with Crippen LogP contribution in [0, 0.1) is 0 Å². The highest BCUT2D eigenvalue weighted by atomic mass is 16.7. The molecule has 304 valence electrons. The molecule has 52 heavy (non-hydrogen) atoms. The van der Waals surface area contributed by atoms with Gasteiger partial charge in [-0.2, -0.15) is 0 Å². The molecule has 2 rings (SSSR count). The number of aliphatic hydroxyl groups is 7. The van der Waals surface area contributed by atoms with Gasteiger partial charge in [0, 0.05) is 13.0 Å². The molecule has 2 fully saturated rings. The van der Waals surface area contributed by atoms with Gasteiger partial charge in [-0.3, -0.25) is 4.79 Å². The third-order valence-electron chi connectivity index (χ3n) is 9.27. The third kappa shape index (κ3) is 17.7. The van der Waals surface area contributed by atoms with Crippen LogP contribution in [0.5, 0.6) is 0 Å². The van der Waals surface area contributed by atoms with E-state index in [2.05, 4.69) is 31.2 Å². The number of rotatable bonds is 28. The topological polar surface area (TPSA) is 214 Å². The van der Waals surface area contributed by atoms with Crippen molar-refractivity contribution in [1.82, 2.24) is 0 Å². The molecule has 0 spiro atoms. The maximum atomic E-state index is 12.1. The Morgan fingerprint density at radius 2 is 1.17 bits per heavy atom. The second-order valence-electron chi connectivity index (χ2n) is 13.7. The summed E-state index contributed by atoms with van der Waals surface area (Å²) in [5.41, 5.74) is 0. The molecule has 2 aliphatic rings. The van der Waals surface area contributed by atoms with Crippen molar-refractivity contribution in [3.8, 4) is 0 Å². The maximum absolute atomic E-state index is 12.1. The number of esters is 1. The van der Waals surface area contributed by atoms with Gasteiger partial charge in [0.05, 0.1) is 26.4 Å². The van der Waals surface area contributed by atoms with E-state index in [4.69, 9.17) is 28.4 Å². The predicted octanol–water partition coefficient (Wildman–Crippen LogP) is 2.56. The van der Waals surface area contributed by atoms with E-state index in [1.54, 1.807) is 6.92 Å². The van der Waals surface area contributed by atoms with Crippen molar-refractivity contribution < 1.29 is 69.0 Å². The maximum Gasteiger partial charge on any atom is 0.305 e. The van der Waals surface area contributed by atoms with Crippen molar-refractivity contribution in [1.29, 1.82) is 0 Å². The summed E-state index contributed by atoms with van der Waals surface area (Å²) in [6.07, 6.45) is 9.46. The van der Waals surface area contributed by atoms with Crippen LogP contribution in [0.25, 0.3) is 0 Å². The average molecular weight is 749 g/mol. The summed E-state index contributed by atoms with van der Waals surface area (Å²) in [4.78, 5) is 12.1. The summed E-state index contributed by atoms with van der Waals surface area (Å²) >= 11 is 0. The molecule has 0 saturated carbocycles. The number of unbranched alkanes of at least 4 members (excludes halogenated alkanes) is 11. The molecule has 14 heteroatoms. The van der Waals surface area contributed by atoms with Gasteiger partial charge in [0.15, 0.2) is 12.6 Å². The first kappa shape index (κ1) is 46.6. The molecule has 0 amide bonds. The molecule has 0 aliphatic carbocycles. The average Bonchev–Trinajstić information content (AvgIpc) is 3.14. The summed E-state index contributed by atoms with van der Waals surface area (Å²) in [5, 5.41) is 71.0. The number of allylic oxidation sites excluding steroid dienone is 4. The van der Waals surface area contributed by atoms with Crippen LogP contribution >= 0.6 is 0 Å². The smallest absolute Gasteiger partial charge is 0.305 e. The lowest BCUT2D eigenvalue weighted by molar-refractivity contribution is -0.332. The molecule has 2 heterocycles. The Morgan fingerprint density at radius 3 is 1.77 bits per heavy atom. The van der Waals surface area contributed by atoms with E-state index in [1.807, 2.05) is 0 Å². The molecule has 11 atom stereocenters. The first-order valence-electron chi connectivity index (χ1n) is 19.4. The Morgan fingerprint density at radius 1 is 0.635 bits per heavy atom. The summed E-state index contributed by atoms with van der Waals surface area (Å²) in [5.74, 6) is -0.468. The van der Waals surface area contributed by atoms with Crippen molar-refractivity contribution in [2.24, 2.45) is 0 Å². The van der Waals surface area contributed by atoms with Crippen molar-refractivity contribution in [3.63, 3.8) is 0 Å². The summed E-state index contributed by atoms with van der Waals surface area (Å²) in [6, 6.07) is 0. The highest BCUT2D eigenvalue weighted by Gasteiger charge is 2.47. The lowest BCUT2D eigenvalue weighted by Gasteiger charge is -2.42. The van der Waals surface area contributed by atoms with Crippen LogP contribution in [0.15, 0.2) is 24.3 Å². The van der Waals surface area contributed by atoms with Crippen molar-refractivity contribution in [2.75, 3.05) is 33.0 Å². The zero-order valence-corrected chi connectivity index (χ0v) is 31.3. The highest BCUT2D eigenvalue weighted by molar-refractivity contribution is 5.69.